The molecular weight excluding hydrogens is 523 g/mol. The molecule has 38 heavy (non-hydrogen) atoms. The first-order valence-electron chi connectivity index (χ1n) is 11.9. The number of halogens is 1. The number of amides is 2. The van der Waals surface area contributed by atoms with Crippen LogP contribution in [0.3, 0.4) is 0 Å². The van der Waals surface area contributed by atoms with Gasteiger partial charge in [0.05, 0.1) is 28.9 Å². The van der Waals surface area contributed by atoms with Crippen molar-refractivity contribution in [2.24, 2.45) is 12.1 Å². The van der Waals surface area contributed by atoms with Gasteiger partial charge < -0.3 is 9.88 Å². The first kappa shape index (κ1) is 25.8. The van der Waals surface area contributed by atoms with Crippen molar-refractivity contribution < 1.29 is 14.0 Å². The van der Waals surface area contributed by atoms with Crippen LogP contribution < -0.4 is 5.32 Å². The highest BCUT2D eigenvalue weighted by Gasteiger charge is 2.33. The molecule has 0 fully saturated rings. The number of hydrogen-bond acceptors (Lipinski definition) is 7. The minimum absolute atomic E-state index is 0.115. The molecule has 5 rings (SSSR count). The van der Waals surface area contributed by atoms with Crippen molar-refractivity contribution in [1.82, 2.24) is 25.1 Å². The van der Waals surface area contributed by atoms with Crippen LogP contribution in [0.25, 0.3) is 0 Å². The average molecular weight is 549 g/mol. The second-order valence-corrected chi connectivity index (χ2v) is 10.7. The van der Waals surface area contributed by atoms with Crippen LogP contribution >= 0.6 is 23.1 Å². The number of hydrogen-bond donors (Lipinski definition) is 1. The first-order chi connectivity index (χ1) is 18.4. The van der Waals surface area contributed by atoms with Crippen LogP contribution in [-0.4, -0.2) is 43.1 Å². The highest BCUT2D eigenvalue weighted by molar-refractivity contribution is 7.99. The Morgan fingerprint density at radius 2 is 1.95 bits per heavy atom. The number of benzene rings is 2. The van der Waals surface area contributed by atoms with E-state index in [1.807, 2.05) is 48.7 Å². The Morgan fingerprint density at radius 1 is 1.13 bits per heavy atom. The van der Waals surface area contributed by atoms with Crippen molar-refractivity contribution in [1.29, 1.82) is 0 Å². The number of thiophene rings is 1. The van der Waals surface area contributed by atoms with Crippen LogP contribution in [0.4, 0.5) is 4.39 Å². The Kier molecular flexibility index (Phi) is 7.66. The molecule has 2 aromatic heterocycles. The Bertz CT molecular complexity index is 1480. The van der Waals surface area contributed by atoms with Gasteiger partial charge in [0.1, 0.15) is 5.82 Å². The van der Waals surface area contributed by atoms with Crippen molar-refractivity contribution in [2.45, 2.75) is 31.1 Å². The maximum Gasteiger partial charge on any atom is 0.253 e. The molecule has 0 aliphatic carbocycles. The number of rotatable bonds is 8. The summed E-state index contributed by atoms with van der Waals surface area (Å²) in [5.74, 6) is -0.371. The Morgan fingerprint density at radius 3 is 2.68 bits per heavy atom. The van der Waals surface area contributed by atoms with E-state index < -0.39 is 11.7 Å². The lowest BCUT2D eigenvalue weighted by atomic mass is 10.00. The molecule has 0 radical (unpaired) electrons. The smallest absolute Gasteiger partial charge is 0.253 e. The number of thioether (sulfide) groups is 1. The summed E-state index contributed by atoms with van der Waals surface area (Å²) >= 11 is 2.87. The fourth-order valence-corrected chi connectivity index (χ4v) is 5.59. The number of nitrogens with zero attached hydrogens (tertiary/aromatic N) is 5. The van der Waals surface area contributed by atoms with Gasteiger partial charge in [-0.2, -0.15) is 5.10 Å². The van der Waals surface area contributed by atoms with Crippen LogP contribution in [0.5, 0.6) is 0 Å². The van der Waals surface area contributed by atoms with Gasteiger partial charge in [-0.05, 0) is 42.1 Å². The zero-order valence-electron chi connectivity index (χ0n) is 20.8. The Labute approximate surface area is 227 Å². The zero-order valence-corrected chi connectivity index (χ0v) is 22.4. The summed E-state index contributed by atoms with van der Waals surface area (Å²) in [4.78, 5) is 26.7. The molecule has 194 valence electrons. The van der Waals surface area contributed by atoms with E-state index >= 15 is 0 Å². The summed E-state index contributed by atoms with van der Waals surface area (Å²) in [6.07, 6.45) is 0.652. The normalized spacial score (nSPS) is 15.0. The van der Waals surface area contributed by atoms with Crippen molar-refractivity contribution in [3.63, 3.8) is 0 Å². The van der Waals surface area contributed by atoms with Crippen LogP contribution in [0.15, 0.2) is 76.3 Å². The summed E-state index contributed by atoms with van der Waals surface area (Å²) in [5, 5.41) is 19.9. The van der Waals surface area contributed by atoms with Gasteiger partial charge in [0, 0.05) is 19.0 Å². The lowest BCUT2D eigenvalue weighted by Gasteiger charge is -2.22. The fourth-order valence-electron chi connectivity index (χ4n) is 4.09. The van der Waals surface area contributed by atoms with E-state index in [1.165, 1.54) is 36.0 Å². The molecular formula is C27H25FN6O2S2. The molecule has 4 aromatic rings. The Hall–Kier alpha value is -3.83. The number of nitrogens with one attached hydrogen (secondary N) is 1. The number of carbonyl (C=O) groups excluding carboxylic acids is 2. The molecule has 0 saturated carbocycles. The number of aryl methyl sites for hydroxylation is 1. The predicted molar refractivity (Wildman–Crippen MR) is 146 cm³/mol. The minimum Gasteiger partial charge on any atom is -0.345 e. The van der Waals surface area contributed by atoms with Crippen LogP contribution in [-0.2, 0) is 18.4 Å². The molecule has 0 bridgehead atoms. The fraction of sp³-hybridized carbons (Fsp3) is 0.222. The standard InChI is InChI=1S/C27H25FN6O2S2/c1-17-8-10-18(11-9-17)22-14-21(23-7-4-12-37-23)32-34(22)25(35)16-38-27-31-30-24(33(27)2)15-29-26(36)19-5-3-6-20(28)13-19/h3-13,22H,14-16H2,1-2H3,(H,29,36)/t22-/m0/s1. The topological polar surface area (TPSA) is 92.5 Å². The minimum atomic E-state index is -0.478. The molecule has 8 nitrogen and oxygen atoms in total. The summed E-state index contributed by atoms with van der Waals surface area (Å²) in [5.41, 5.74) is 3.33. The monoisotopic (exact) mass is 548 g/mol. The lowest BCUT2D eigenvalue weighted by Crippen LogP contribution is -2.28. The summed E-state index contributed by atoms with van der Waals surface area (Å²) < 4.78 is 15.1. The van der Waals surface area contributed by atoms with Crippen LogP contribution in [0.1, 0.15) is 44.6 Å². The number of hydrazone groups is 1. The molecule has 2 amide bonds. The van der Waals surface area contributed by atoms with Crippen molar-refractivity contribution in [3.05, 3.63) is 99.3 Å². The van der Waals surface area contributed by atoms with E-state index in [2.05, 4.69) is 15.5 Å². The van der Waals surface area contributed by atoms with Gasteiger partial charge in [0.25, 0.3) is 11.8 Å². The summed E-state index contributed by atoms with van der Waals surface area (Å²) in [6.45, 7) is 2.15. The first-order valence-corrected chi connectivity index (χ1v) is 13.8. The van der Waals surface area contributed by atoms with Gasteiger partial charge in [-0.25, -0.2) is 9.40 Å². The molecule has 0 unspecified atom stereocenters. The summed E-state index contributed by atoms with van der Waals surface area (Å²) in [6, 6.07) is 17.5. The van der Waals surface area contributed by atoms with Crippen LogP contribution in [0.2, 0.25) is 0 Å². The molecule has 1 N–H and O–H groups in total. The third-order valence-corrected chi connectivity index (χ3v) is 8.10. The highest BCUT2D eigenvalue weighted by atomic mass is 32.2. The highest BCUT2D eigenvalue weighted by Crippen LogP contribution is 2.34. The molecule has 1 aliphatic rings. The van der Waals surface area contributed by atoms with Gasteiger partial charge >= 0.3 is 0 Å². The molecule has 0 spiro atoms. The quantitative estimate of drug-likeness (QED) is 0.322. The second kappa shape index (κ2) is 11.3. The van der Waals surface area contributed by atoms with E-state index in [1.54, 1.807) is 28.0 Å². The van der Waals surface area contributed by atoms with E-state index in [0.29, 0.717) is 17.4 Å². The van der Waals surface area contributed by atoms with Crippen molar-refractivity contribution >= 4 is 40.6 Å². The van der Waals surface area contributed by atoms with Gasteiger partial charge in [0.15, 0.2) is 11.0 Å². The maximum absolute atomic E-state index is 13.4. The molecule has 3 heterocycles. The maximum atomic E-state index is 13.4. The predicted octanol–water partition coefficient (Wildman–Crippen LogP) is 4.72. The van der Waals surface area contributed by atoms with Gasteiger partial charge in [-0.1, -0.05) is 53.7 Å². The summed E-state index contributed by atoms with van der Waals surface area (Å²) in [7, 11) is 1.77. The van der Waals surface area contributed by atoms with Crippen molar-refractivity contribution in [3.8, 4) is 0 Å². The Balaban J connectivity index is 1.25. The number of carbonyl (C=O) groups is 2. The van der Waals surface area contributed by atoms with Gasteiger partial charge in [-0.15, -0.1) is 21.5 Å². The van der Waals surface area contributed by atoms with Gasteiger partial charge in [-0.3, -0.25) is 9.59 Å². The molecule has 11 heteroatoms. The van der Waals surface area contributed by atoms with Crippen molar-refractivity contribution in [2.75, 3.05) is 5.75 Å². The van der Waals surface area contributed by atoms with Crippen LogP contribution in [0, 0.1) is 12.7 Å². The van der Waals surface area contributed by atoms with E-state index in [-0.39, 0.29) is 29.8 Å². The zero-order chi connectivity index (χ0) is 26.6. The SMILES string of the molecule is Cc1ccc([C@@H]2CC(c3cccs3)=NN2C(=O)CSc2nnc(CNC(=O)c3cccc(F)c3)n2C)cc1. The number of aromatic nitrogens is 3. The van der Waals surface area contributed by atoms with E-state index in [9.17, 15) is 14.0 Å². The molecule has 1 aliphatic heterocycles. The average Bonchev–Trinajstić information content (AvgIpc) is 3.67. The third kappa shape index (κ3) is 5.68. The lowest BCUT2D eigenvalue weighted by molar-refractivity contribution is -0.130. The molecule has 0 saturated heterocycles. The van der Waals surface area contributed by atoms with E-state index in [0.717, 1.165) is 21.7 Å². The largest absolute Gasteiger partial charge is 0.345 e. The molecule has 1 atom stereocenters. The van der Waals surface area contributed by atoms with E-state index in [4.69, 9.17) is 5.10 Å². The van der Waals surface area contributed by atoms with Gasteiger partial charge in [0.2, 0.25) is 0 Å². The second-order valence-electron chi connectivity index (χ2n) is 8.83. The molecule has 2 aromatic carbocycles. The third-order valence-electron chi connectivity index (χ3n) is 6.18.